The van der Waals surface area contributed by atoms with Crippen LogP contribution in [0.4, 0.5) is 18.0 Å². The topological polar surface area (TPSA) is 75.3 Å². The van der Waals surface area contributed by atoms with Gasteiger partial charge < -0.3 is 29.0 Å². The van der Waals surface area contributed by atoms with Gasteiger partial charge in [-0.15, -0.1) is 13.2 Å². The zero-order chi connectivity index (χ0) is 26.3. The van der Waals surface area contributed by atoms with Crippen LogP contribution in [0.3, 0.4) is 0 Å². The number of alkyl carbamates (subject to hydrolysis) is 1. The highest BCUT2D eigenvalue weighted by atomic mass is 19.4. The van der Waals surface area contributed by atoms with Crippen LogP contribution in [0.25, 0.3) is 11.1 Å². The Morgan fingerprint density at radius 3 is 2.44 bits per heavy atom. The maximum Gasteiger partial charge on any atom is 0.573 e. The van der Waals surface area contributed by atoms with Crippen LogP contribution in [-0.4, -0.2) is 37.1 Å². The third-order valence-electron chi connectivity index (χ3n) is 5.66. The van der Waals surface area contributed by atoms with Crippen LogP contribution in [0.15, 0.2) is 30.3 Å². The first-order chi connectivity index (χ1) is 16.7. The predicted octanol–water partition coefficient (Wildman–Crippen LogP) is 6.04. The summed E-state index contributed by atoms with van der Waals surface area (Å²) in [5.41, 5.74) is 3.28. The molecule has 1 N–H and O–H groups in total. The lowest BCUT2D eigenvalue weighted by atomic mass is 9.89. The van der Waals surface area contributed by atoms with Crippen LogP contribution in [0.2, 0.25) is 0 Å². The number of rotatable bonds is 5. The van der Waals surface area contributed by atoms with Gasteiger partial charge in [-0.1, -0.05) is 12.1 Å². The summed E-state index contributed by atoms with van der Waals surface area (Å²) in [6, 6.07) is 7.47. The molecule has 1 atom stereocenters. The van der Waals surface area contributed by atoms with Crippen molar-refractivity contribution in [3.63, 3.8) is 0 Å². The van der Waals surface area contributed by atoms with Crippen molar-refractivity contribution in [1.82, 2.24) is 5.32 Å². The molecule has 196 valence electrons. The summed E-state index contributed by atoms with van der Waals surface area (Å²) < 4.78 is 65.1. The van der Waals surface area contributed by atoms with E-state index in [0.29, 0.717) is 36.5 Å². The van der Waals surface area contributed by atoms with Crippen molar-refractivity contribution in [1.29, 1.82) is 0 Å². The van der Waals surface area contributed by atoms with E-state index in [0.717, 1.165) is 16.7 Å². The number of benzene rings is 2. The number of carbonyl (C=O) groups is 1. The number of halogens is 3. The van der Waals surface area contributed by atoms with Gasteiger partial charge in [-0.3, -0.25) is 0 Å². The molecule has 0 radical (unpaired) electrons. The lowest BCUT2D eigenvalue weighted by Gasteiger charge is -2.24. The van der Waals surface area contributed by atoms with E-state index in [1.165, 1.54) is 12.1 Å². The first-order valence-electron chi connectivity index (χ1n) is 11.7. The molecule has 0 saturated carbocycles. The van der Waals surface area contributed by atoms with Gasteiger partial charge in [0.2, 0.25) is 0 Å². The number of nitrogens with one attached hydrogen (secondary N) is 1. The molecule has 2 aliphatic rings. The van der Waals surface area contributed by atoms with E-state index in [1.807, 2.05) is 19.9 Å². The Bertz CT molecular complexity index is 1120. The molecule has 1 fully saturated rings. The van der Waals surface area contributed by atoms with Gasteiger partial charge in [-0.05, 0) is 69.5 Å². The van der Waals surface area contributed by atoms with E-state index in [9.17, 15) is 18.0 Å². The minimum absolute atomic E-state index is 0.153. The number of fused-ring (bicyclic) bond motifs is 1. The van der Waals surface area contributed by atoms with Gasteiger partial charge in [-0.2, -0.15) is 0 Å². The molecule has 4 rings (SSSR count). The van der Waals surface area contributed by atoms with Gasteiger partial charge >= 0.3 is 12.5 Å². The standard InChI is InChI=1S/C26H30F3NO6/c1-24(2,3)36-23(31)30-13-16-12-19(15-6-8-17(9-7-15)34-26(27,28)29)22-18(10-11-32-22)21(16)20-14-33-25(4,5)35-20/h6-9,12,20H,10-11,13-14H2,1-5H3,(H,30,31). The molecule has 36 heavy (non-hydrogen) atoms. The quantitative estimate of drug-likeness (QED) is 0.530. The fourth-order valence-corrected chi connectivity index (χ4v) is 4.37. The van der Waals surface area contributed by atoms with Crippen molar-refractivity contribution in [2.24, 2.45) is 0 Å². The van der Waals surface area contributed by atoms with Gasteiger partial charge in [-0.25, -0.2) is 4.79 Å². The van der Waals surface area contributed by atoms with E-state index in [4.69, 9.17) is 18.9 Å². The van der Waals surface area contributed by atoms with Gasteiger partial charge in [0.15, 0.2) is 5.79 Å². The van der Waals surface area contributed by atoms with E-state index in [-0.39, 0.29) is 18.4 Å². The maximum absolute atomic E-state index is 12.6. The normalized spacial score (nSPS) is 18.9. The van der Waals surface area contributed by atoms with Crippen LogP contribution in [0.5, 0.6) is 11.5 Å². The van der Waals surface area contributed by atoms with Crippen LogP contribution in [0.1, 0.15) is 57.4 Å². The second-order valence-corrected chi connectivity index (χ2v) is 10.1. The second kappa shape index (κ2) is 9.48. The molecule has 1 unspecified atom stereocenters. The first-order valence-corrected chi connectivity index (χ1v) is 11.7. The number of hydrogen-bond acceptors (Lipinski definition) is 6. The van der Waals surface area contributed by atoms with Gasteiger partial charge in [0.1, 0.15) is 23.2 Å². The number of hydrogen-bond donors (Lipinski definition) is 1. The maximum atomic E-state index is 12.6. The van der Waals surface area contributed by atoms with Gasteiger partial charge in [0, 0.05) is 24.1 Å². The monoisotopic (exact) mass is 509 g/mol. The Kier molecular flexibility index (Phi) is 6.87. The fraction of sp³-hybridized carbons (Fsp3) is 0.500. The molecule has 1 amide bonds. The third-order valence-corrected chi connectivity index (χ3v) is 5.66. The molecule has 0 aromatic heterocycles. The molecule has 2 aliphatic heterocycles. The largest absolute Gasteiger partial charge is 0.573 e. The minimum atomic E-state index is -4.77. The van der Waals surface area contributed by atoms with Gasteiger partial charge in [0.05, 0.1) is 13.2 Å². The molecule has 1 saturated heterocycles. The summed E-state index contributed by atoms with van der Waals surface area (Å²) in [4.78, 5) is 12.4. The van der Waals surface area contributed by atoms with Crippen molar-refractivity contribution in [2.75, 3.05) is 13.2 Å². The summed E-state index contributed by atoms with van der Waals surface area (Å²) in [5.74, 6) is -0.436. The number of amides is 1. The summed E-state index contributed by atoms with van der Waals surface area (Å²) in [7, 11) is 0. The molecule has 10 heteroatoms. The van der Waals surface area contributed by atoms with E-state index < -0.39 is 23.8 Å². The second-order valence-electron chi connectivity index (χ2n) is 10.1. The predicted molar refractivity (Wildman–Crippen MR) is 125 cm³/mol. The fourth-order valence-electron chi connectivity index (χ4n) is 4.37. The summed E-state index contributed by atoms with van der Waals surface area (Å²) in [6.45, 7) is 9.94. The van der Waals surface area contributed by atoms with Crippen LogP contribution >= 0.6 is 0 Å². The van der Waals surface area contributed by atoms with E-state index in [2.05, 4.69) is 10.1 Å². The number of ether oxygens (including phenoxy) is 5. The first kappa shape index (κ1) is 26.1. The molecular formula is C26H30F3NO6. The Hall–Kier alpha value is -2.98. The smallest absolute Gasteiger partial charge is 0.492 e. The Morgan fingerprint density at radius 2 is 1.86 bits per heavy atom. The SMILES string of the molecule is CC(C)(C)OC(=O)NCc1cc(-c2ccc(OC(F)(F)F)cc2)c2c(c1C1COC(C)(C)O1)CCO2. The van der Waals surface area contributed by atoms with Crippen molar-refractivity contribution in [3.05, 3.63) is 47.0 Å². The zero-order valence-corrected chi connectivity index (χ0v) is 20.9. The minimum Gasteiger partial charge on any atom is -0.492 e. The summed E-state index contributed by atoms with van der Waals surface area (Å²) in [6.07, 6.45) is -5.09. The average molecular weight is 510 g/mol. The molecule has 7 nitrogen and oxygen atoms in total. The van der Waals surface area contributed by atoms with Crippen molar-refractivity contribution >= 4 is 6.09 Å². The van der Waals surface area contributed by atoms with Crippen LogP contribution < -0.4 is 14.8 Å². The van der Waals surface area contributed by atoms with Gasteiger partial charge in [0.25, 0.3) is 0 Å². The lowest BCUT2D eigenvalue weighted by molar-refractivity contribution is -0.274. The van der Waals surface area contributed by atoms with Crippen LogP contribution in [-0.2, 0) is 27.2 Å². The summed E-state index contributed by atoms with van der Waals surface area (Å²) >= 11 is 0. The highest BCUT2D eigenvalue weighted by Crippen LogP contribution is 2.46. The molecule has 0 spiro atoms. The van der Waals surface area contributed by atoms with Crippen molar-refractivity contribution < 1.29 is 41.7 Å². The molecular weight excluding hydrogens is 479 g/mol. The molecule has 2 aromatic rings. The Morgan fingerprint density at radius 1 is 1.17 bits per heavy atom. The zero-order valence-electron chi connectivity index (χ0n) is 20.9. The Balaban J connectivity index is 1.72. The third kappa shape index (κ3) is 6.22. The molecule has 2 heterocycles. The Labute approximate surface area is 207 Å². The molecule has 0 aliphatic carbocycles. The number of alkyl halides is 3. The van der Waals surface area contributed by atoms with E-state index >= 15 is 0 Å². The highest BCUT2D eigenvalue weighted by Gasteiger charge is 2.38. The van der Waals surface area contributed by atoms with Crippen molar-refractivity contribution in [3.8, 4) is 22.6 Å². The molecule has 0 bridgehead atoms. The summed E-state index contributed by atoms with van der Waals surface area (Å²) in [5, 5.41) is 2.80. The van der Waals surface area contributed by atoms with Crippen LogP contribution in [0, 0.1) is 0 Å². The van der Waals surface area contributed by atoms with Crippen molar-refractivity contribution in [2.45, 2.75) is 71.4 Å². The number of carbonyl (C=O) groups excluding carboxylic acids is 1. The lowest BCUT2D eigenvalue weighted by Crippen LogP contribution is -2.32. The highest BCUT2D eigenvalue weighted by molar-refractivity contribution is 5.76. The molecule has 2 aromatic carbocycles. The average Bonchev–Trinajstić information content (AvgIpc) is 3.36. The van der Waals surface area contributed by atoms with E-state index in [1.54, 1.807) is 32.9 Å².